The van der Waals surface area contributed by atoms with Crippen molar-refractivity contribution in [3.63, 3.8) is 0 Å². The number of rotatable bonds is 40. The van der Waals surface area contributed by atoms with Crippen molar-refractivity contribution in [2.24, 2.45) is 0 Å². The molecule has 0 fully saturated rings. The van der Waals surface area contributed by atoms with E-state index in [1.54, 1.807) is 0 Å². The molecule has 0 aliphatic rings. The molecule has 0 bridgehead atoms. The van der Waals surface area contributed by atoms with Gasteiger partial charge in [0.15, 0.2) is 0 Å². The largest absolute Gasteiger partial charge is 0.461 e. The van der Waals surface area contributed by atoms with E-state index in [4.69, 9.17) is 4.74 Å². The fourth-order valence-corrected chi connectivity index (χ4v) is 6.57. The highest BCUT2D eigenvalue weighted by molar-refractivity contribution is 5.77. The molecule has 330 valence electrons. The number of aliphatic hydroxyl groups is 2. The van der Waals surface area contributed by atoms with E-state index in [0.717, 1.165) is 57.8 Å². The summed E-state index contributed by atoms with van der Waals surface area (Å²) in [6, 6.07) is -0.746. The van der Waals surface area contributed by atoms with Crippen molar-refractivity contribution in [1.29, 1.82) is 0 Å². The number of nitrogens with one attached hydrogen (secondary N) is 1. The molecule has 0 aromatic carbocycles. The molecule has 0 saturated carbocycles. The van der Waals surface area contributed by atoms with Crippen LogP contribution in [0, 0.1) is 0 Å². The summed E-state index contributed by atoms with van der Waals surface area (Å²) in [4.78, 5) is 26.0. The highest BCUT2D eigenvalue weighted by Crippen LogP contribution is 2.16. The summed E-state index contributed by atoms with van der Waals surface area (Å²) in [5.74, 6) is -0.631. The first-order valence-electron chi connectivity index (χ1n) is 23.6. The van der Waals surface area contributed by atoms with Gasteiger partial charge in [0.25, 0.3) is 0 Å². The van der Waals surface area contributed by atoms with Gasteiger partial charge in [-0.15, -0.1) is 0 Å². The van der Waals surface area contributed by atoms with E-state index in [1.807, 2.05) is 54.7 Å². The number of unbranched alkanes of at least 4 members (excludes halogenated alkanes) is 19. The smallest absolute Gasteiger partial charge is 0.306 e. The zero-order valence-corrected chi connectivity index (χ0v) is 37.4. The third-order valence-electron chi connectivity index (χ3n) is 10.1. The maximum absolute atomic E-state index is 13.1. The van der Waals surface area contributed by atoms with Crippen LogP contribution in [0.3, 0.4) is 0 Å². The molecule has 1 amide bonds. The second-order valence-corrected chi connectivity index (χ2v) is 15.6. The number of amides is 1. The van der Waals surface area contributed by atoms with Crippen LogP contribution in [0.4, 0.5) is 0 Å². The van der Waals surface area contributed by atoms with Crippen LogP contribution in [0.1, 0.15) is 194 Å². The number of aliphatic hydroxyl groups excluding tert-OH is 2. The quantitative estimate of drug-likeness (QED) is 0.0326. The van der Waals surface area contributed by atoms with E-state index in [9.17, 15) is 19.8 Å². The van der Waals surface area contributed by atoms with Crippen LogP contribution in [0.15, 0.2) is 97.2 Å². The lowest BCUT2D eigenvalue weighted by molar-refractivity contribution is -0.150. The molecule has 0 saturated heterocycles. The van der Waals surface area contributed by atoms with Crippen LogP contribution >= 0.6 is 0 Å². The maximum atomic E-state index is 13.1. The molecular weight excluding hydrogens is 719 g/mol. The number of esters is 1. The van der Waals surface area contributed by atoms with Gasteiger partial charge in [-0.1, -0.05) is 234 Å². The third kappa shape index (κ3) is 39.6. The van der Waals surface area contributed by atoms with Crippen molar-refractivity contribution >= 4 is 11.9 Å². The molecule has 3 N–H and O–H groups in total. The van der Waals surface area contributed by atoms with Gasteiger partial charge in [0.05, 0.1) is 25.2 Å². The van der Waals surface area contributed by atoms with Crippen molar-refractivity contribution < 1.29 is 24.5 Å². The van der Waals surface area contributed by atoms with Gasteiger partial charge in [-0.25, -0.2) is 0 Å². The van der Waals surface area contributed by atoms with Crippen LogP contribution in [0.25, 0.3) is 0 Å². The lowest BCUT2D eigenvalue weighted by atomic mass is 10.0. The zero-order valence-electron chi connectivity index (χ0n) is 37.4. The second-order valence-electron chi connectivity index (χ2n) is 15.6. The fourth-order valence-electron chi connectivity index (χ4n) is 6.57. The zero-order chi connectivity index (χ0) is 42.4. The Morgan fingerprint density at radius 3 is 1.47 bits per heavy atom. The van der Waals surface area contributed by atoms with Crippen LogP contribution < -0.4 is 5.32 Å². The fraction of sp³-hybridized carbons (Fsp3) is 0.654. The summed E-state index contributed by atoms with van der Waals surface area (Å²) in [7, 11) is 0. The molecule has 6 nitrogen and oxygen atoms in total. The highest BCUT2D eigenvalue weighted by atomic mass is 16.5. The predicted molar refractivity (Wildman–Crippen MR) is 250 cm³/mol. The normalized spacial score (nSPS) is 14.2. The molecule has 0 aromatic heterocycles. The number of carbonyl (C=O) groups excluding carboxylic acids is 2. The van der Waals surface area contributed by atoms with Gasteiger partial charge in [-0.2, -0.15) is 0 Å². The van der Waals surface area contributed by atoms with E-state index in [-0.39, 0.29) is 24.9 Å². The summed E-state index contributed by atoms with van der Waals surface area (Å²) in [5.41, 5.74) is 0. The molecule has 0 radical (unpaired) electrons. The number of hydrogen-bond donors (Lipinski definition) is 3. The van der Waals surface area contributed by atoms with Crippen LogP contribution in [-0.4, -0.2) is 46.9 Å². The Balaban J connectivity index is 4.71. The molecule has 6 heteroatoms. The Bertz CT molecular complexity index is 1180. The van der Waals surface area contributed by atoms with Crippen LogP contribution in [-0.2, 0) is 14.3 Å². The van der Waals surface area contributed by atoms with Gasteiger partial charge in [-0.05, 0) is 38.5 Å². The molecule has 0 heterocycles. The minimum absolute atomic E-state index is 0.0287. The van der Waals surface area contributed by atoms with Gasteiger partial charge in [0.2, 0.25) is 5.91 Å². The van der Waals surface area contributed by atoms with E-state index >= 15 is 0 Å². The number of carbonyl (C=O) groups is 2. The van der Waals surface area contributed by atoms with Gasteiger partial charge in [0.1, 0.15) is 6.10 Å². The standard InChI is InChI=1S/C52H87NO5/c1-4-7-10-13-16-19-22-24-25-27-30-33-36-39-42-45-52(57)58-48(43-40-37-34-31-28-21-18-15-12-9-6-3)46-51(56)53-49(47-54)50(55)44-41-38-35-32-29-26-23-20-17-14-11-8-5-2/h7,9-10,12-13,15-16,18-19,21-22,28,31,34,37,40,48-50,54-55H,4-6,8,11,14,17,20,23-27,29-30,32-33,35-36,38-39,41-47H2,1-3H3,(H,53,56)/b10-7+,12-9+,16-13+,18-15+,22-19+,28-21-,34-31-,40-37+. The molecule has 0 aromatic rings. The predicted octanol–water partition coefficient (Wildman–Crippen LogP) is 13.8. The first-order chi connectivity index (χ1) is 28.5. The van der Waals surface area contributed by atoms with Gasteiger partial charge in [-0.3, -0.25) is 9.59 Å². The van der Waals surface area contributed by atoms with Crippen LogP contribution in [0.2, 0.25) is 0 Å². The van der Waals surface area contributed by atoms with Gasteiger partial charge >= 0.3 is 5.97 Å². The van der Waals surface area contributed by atoms with Gasteiger partial charge < -0.3 is 20.3 Å². The Kier molecular flexibility index (Phi) is 42.4. The minimum Gasteiger partial charge on any atom is -0.461 e. The Morgan fingerprint density at radius 2 is 0.966 bits per heavy atom. The van der Waals surface area contributed by atoms with E-state index in [1.165, 1.54) is 89.9 Å². The lowest BCUT2D eigenvalue weighted by Crippen LogP contribution is -2.46. The Morgan fingerprint density at radius 1 is 0.534 bits per heavy atom. The Hall–Kier alpha value is -3.22. The number of ether oxygens (including phenoxy) is 1. The summed E-state index contributed by atoms with van der Waals surface area (Å²) in [6.07, 6.45) is 59.2. The lowest BCUT2D eigenvalue weighted by Gasteiger charge is -2.24. The van der Waals surface area contributed by atoms with Crippen molar-refractivity contribution in [2.75, 3.05) is 6.61 Å². The van der Waals surface area contributed by atoms with Crippen LogP contribution in [0.5, 0.6) is 0 Å². The highest BCUT2D eigenvalue weighted by Gasteiger charge is 2.23. The molecule has 0 aliphatic carbocycles. The maximum Gasteiger partial charge on any atom is 0.306 e. The summed E-state index contributed by atoms with van der Waals surface area (Å²) in [6.45, 7) is 6.15. The van der Waals surface area contributed by atoms with E-state index in [0.29, 0.717) is 19.3 Å². The second kappa shape index (κ2) is 44.9. The molecule has 3 atom stereocenters. The number of hydrogen-bond acceptors (Lipinski definition) is 5. The Labute approximate surface area is 356 Å². The SMILES string of the molecule is CC/C=C/C=C/C=C\C=C/C=C/CC(CC(=O)NC(CO)C(O)CCCCCCCCCCCCCCC)OC(=O)CCCCCCCCC/C=C/C=C/C=C/CC. The van der Waals surface area contributed by atoms with Crippen molar-refractivity contribution in [3.05, 3.63) is 97.2 Å². The van der Waals surface area contributed by atoms with Crippen molar-refractivity contribution in [1.82, 2.24) is 5.32 Å². The average molecular weight is 806 g/mol. The molecule has 0 rings (SSSR count). The first-order valence-corrected chi connectivity index (χ1v) is 23.6. The van der Waals surface area contributed by atoms with Gasteiger partial charge in [0, 0.05) is 12.8 Å². The van der Waals surface area contributed by atoms with E-state index < -0.39 is 18.2 Å². The summed E-state index contributed by atoms with van der Waals surface area (Å²) < 4.78 is 5.82. The summed E-state index contributed by atoms with van der Waals surface area (Å²) >= 11 is 0. The molecule has 0 spiro atoms. The van der Waals surface area contributed by atoms with Crippen molar-refractivity contribution in [2.45, 2.75) is 212 Å². The average Bonchev–Trinajstić information content (AvgIpc) is 3.22. The molecule has 0 aliphatic heterocycles. The number of allylic oxidation sites excluding steroid dienone is 15. The van der Waals surface area contributed by atoms with E-state index in [2.05, 4.69) is 68.6 Å². The minimum atomic E-state index is -0.824. The first kappa shape index (κ1) is 54.8. The van der Waals surface area contributed by atoms with Crippen molar-refractivity contribution in [3.8, 4) is 0 Å². The topological polar surface area (TPSA) is 95.9 Å². The summed E-state index contributed by atoms with van der Waals surface area (Å²) in [5, 5.41) is 23.6. The molecular formula is C52H87NO5. The monoisotopic (exact) mass is 806 g/mol. The molecule has 58 heavy (non-hydrogen) atoms. The molecule has 3 unspecified atom stereocenters. The third-order valence-corrected chi connectivity index (χ3v) is 10.1.